The number of tetrazole rings is 1. The Morgan fingerprint density at radius 1 is 1.12 bits per heavy atom. The van der Waals surface area contributed by atoms with Crippen molar-refractivity contribution in [2.75, 3.05) is 6.61 Å². The monoisotopic (exact) mass is 446 g/mol. The number of hydrogen-bond donors (Lipinski definition) is 3. The lowest BCUT2D eigenvalue weighted by Crippen LogP contribution is -2.15. The Kier molecular flexibility index (Phi) is 6.60. The summed E-state index contributed by atoms with van der Waals surface area (Å²) in [6.07, 6.45) is 1.50. The maximum atomic E-state index is 12.1. The molecule has 4 rings (SSSR count). The number of hydrogen-bond acceptors (Lipinski definition) is 6. The number of aliphatic hydroxyl groups is 1. The molecule has 1 atom stereocenters. The van der Waals surface area contributed by atoms with Crippen LogP contribution in [-0.4, -0.2) is 53.0 Å². The number of aryl methyl sites for hydroxylation is 1. The highest BCUT2D eigenvalue weighted by atomic mass is 16.4. The average molecular weight is 447 g/mol. The third kappa shape index (κ3) is 4.54. The molecule has 3 N–H and O–H groups in total. The molecule has 0 aliphatic heterocycles. The molecule has 9 heteroatoms. The molecule has 0 saturated heterocycles. The fraction of sp³-hybridized carbons (Fsp3) is 0.292. The number of rotatable bonds is 9. The zero-order valence-electron chi connectivity index (χ0n) is 18.6. The number of nitrogens with zero attached hydrogens (tertiary/aromatic N) is 5. The fourth-order valence-electron chi connectivity index (χ4n) is 3.95. The lowest BCUT2D eigenvalue weighted by Gasteiger charge is -2.12. The van der Waals surface area contributed by atoms with Gasteiger partial charge in [0.2, 0.25) is 0 Å². The number of carbonyl (C=O) groups is 1. The van der Waals surface area contributed by atoms with Crippen LogP contribution in [0.3, 0.4) is 0 Å². The van der Waals surface area contributed by atoms with E-state index in [9.17, 15) is 15.0 Å². The highest BCUT2D eigenvalue weighted by molar-refractivity contribution is 5.87. The summed E-state index contributed by atoms with van der Waals surface area (Å²) in [6.45, 7) is 4.05. The van der Waals surface area contributed by atoms with E-state index in [4.69, 9.17) is 0 Å². The Morgan fingerprint density at radius 2 is 1.85 bits per heavy atom. The number of benzene rings is 2. The van der Waals surface area contributed by atoms with Gasteiger partial charge < -0.3 is 14.8 Å². The number of nitrogens with one attached hydrogen (secondary N) is 1. The molecule has 0 saturated carbocycles. The minimum atomic E-state index is -1.04. The van der Waals surface area contributed by atoms with Crippen molar-refractivity contribution in [3.63, 3.8) is 0 Å². The van der Waals surface area contributed by atoms with Gasteiger partial charge in [0.25, 0.3) is 0 Å². The maximum Gasteiger partial charge on any atom is 0.354 e. The van der Waals surface area contributed by atoms with E-state index in [-0.39, 0.29) is 18.2 Å². The van der Waals surface area contributed by atoms with E-state index in [0.717, 1.165) is 34.5 Å². The van der Waals surface area contributed by atoms with Crippen LogP contribution in [0.1, 0.15) is 53.8 Å². The van der Waals surface area contributed by atoms with Crippen LogP contribution in [0.2, 0.25) is 0 Å². The largest absolute Gasteiger partial charge is 0.477 e. The van der Waals surface area contributed by atoms with Gasteiger partial charge in [-0.15, -0.1) is 5.10 Å². The van der Waals surface area contributed by atoms with Gasteiger partial charge in [0, 0.05) is 24.4 Å². The summed E-state index contributed by atoms with van der Waals surface area (Å²) >= 11 is 0. The summed E-state index contributed by atoms with van der Waals surface area (Å²) in [6, 6.07) is 15.8. The minimum Gasteiger partial charge on any atom is -0.477 e. The van der Waals surface area contributed by atoms with Gasteiger partial charge in [-0.3, -0.25) is 0 Å². The molecule has 2 aromatic heterocycles. The molecule has 0 spiro atoms. The third-order valence-corrected chi connectivity index (χ3v) is 5.62. The second kappa shape index (κ2) is 9.74. The van der Waals surface area contributed by atoms with Crippen LogP contribution < -0.4 is 0 Å². The molecule has 9 nitrogen and oxygen atoms in total. The van der Waals surface area contributed by atoms with Crippen LogP contribution in [0.25, 0.3) is 22.5 Å². The summed E-state index contributed by atoms with van der Waals surface area (Å²) in [7, 11) is 0. The average Bonchev–Trinajstić information content (AvgIpc) is 3.48. The fourth-order valence-corrected chi connectivity index (χ4v) is 3.95. The molecule has 170 valence electrons. The molecule has 0 fully saturated rings. The molecule has 33 heavy (non-hydrogen) atoms. The SMILES string of the molecule is CCCc1nc(C(C)CO)c(C(=O)O)n1Cc1ccc(-c2ccccc2-c2nnn[nH]2)cc1. The first kappa shape index (κ1) is 22.3. The van der Waals surface area contributed by atoms with Crippen LogP contribution >= 0.6 is 0 Å². The van der Waals surface area contributed by atoms with Crippen LogP contribution in [0, 0.1) is 0 Å². The van der Waals surface area contributed by atoms with Gasteiger partial charge in [-0.05, 0) is 33.5 Å². The molecule has 0 amide bonds. The molecule has 1 unspecified atom stereocenters. The summed E-state index contributed by atoms with van der Waals surface area (Å²) in [5, 5.41) is 33.6. The summed E-state index contributed by atoms with van der Waals surface area (Å²) in [5.74, 6) is -0.0739. The first-order valence-electron chi connectivity index (χ1n) is 10.9. The third-order valence-electron chi connectivity index (χ3n) is 5.62. The highest BCUT2D eigenvalue weighted by Crippen LogP contribution is 2.30. The summed E-state index contributed by atoms with van der Waals surface area (Å²) in [4.78, 5) is 16.7. The molecule has 2 heterocycles. The van der Waals surface area contributed by atoms with E-state index < -0.39 is 5.97 Å². The van der Waals surface area contributed by atoms with Crippen molar-refractivity contribution >= 4 is 5.97 Å². The molecule has 2 aromatic carbocycles. The second-order valence-electron chi connectivity index (χ2n) is 7.98. The zero-order valence-corrected chi connectivity index (χ0v) is 18.6. The van der Waals surface area contributed by atoms with Gasteiger partial charge in [0.05, 0.1) is 12.3 Å². The molecular formula is C24H26N6O3. The van der Waals surface area contributed by atoms with Crippen molar-refractivity contribution < 1.29 is 15.0 Å². The Hall–Kier alpha value is -3.85. The number of imidazole rings is 1. The van der Waals surface area contributed by atoms with Crippen LogP contribution in [0.4, 0.5) is 0 Å². The number of aromatic carboxylic acids is 1. The van der Waals surface area contributed by atoms with Gasteiger partial charge in [-0.25, -0.2) is 14.9 Å². The molecule has 4 aromatic rings. The van der Waals surface area contributed by atoms with Crippen molar-refractivity contribution in [1.82, 2.24) is 30.2 Å². The number of H-pyrrole nitrogens is 1. The number of aromatic amines is 1. The van der Waals surface area contributed by atoms with E-state index in [1.54, 1.807) is 11.5 Å². The van der Waals surface area contributed by atoms with E-state index in [1.807, 2.05) is 55.5 Å². The van der Waals surface area contributed by atoms with Crippen molar-refractivity contribution in [2.45, 2.75) is 39.2 Å². The first-order valence-corrected chi connectivity index (χ1v) is 10.9. The van der Waals surface area contributed by atoms with Crippen molar-refractivity contribution in [3.05, 3.63) is 71.3 Å². The minimum absolute atomic E-state index is 0.146. The number of aliphatic hydroxyl groups excluding tert-OH is 1. The maximum absolute atomic E-state index is 12.1. The summed E-state index contributed by atoms with van der Waals surface area (Å²) in [5.41, 5.74) is 4.41. The molecule has 0 aliphatic rings. The molecule has 0 aliphatic carbocycles. The second-order valence-corrected chi connectivity index (χ2v) is 7.98. The molecule has 0 radical (unpaired) electrons. The summed E-state index contributed by atoms with van der Waals surface area (Å²) < 4.78 is 1.76. The quantitative estimate of drug-likeness (QED) is 0.359. The normalized spacial score (nSPS) is 12.1. The van der Waals surface area contributed by atoms with Gasteiger partial charge >= 0.3 is 5.97 Å². The standard InChI is InChI=1S/C24H26N6O3/c1-3-6-20-25-21(15(2)14-31)22(24(32)33)30(20)13-16-9-11-17(12-10-16)18-7-4-5-8-19(18)23-26-28-29-27-23/h4-5,7-12,15,31H,3,6,13-14H2,1-2H3,(H,32,33)(H,26,27,28,29). The Labute approximate surface area is 191 Å². The van der Waals surface area contributed by atoms with Gasteiger partial charge in [0.15, 0.2) is 11.5 Å². The number of aromatic nitrogens is 6. The van der Waals surface area contributed by atoms with Crippen LogP contribution in [0.5, 0.6) is 0 Å². The molecule has 0 bridgehead atoms. The lowest BCUT2D eigenvalue weighted by atomic mass is 9.98. The van der Waals surface area contributed by atoms with Crippen LogP contribution in [0.15, 0.2) is 48.5 Å². The van der Waals surface area contributed by atoms with Crippen molar-refractivity contribution in [1.29, 1.82) is 0 Å². The predicted octanol–water partition coefficient (Wildman–Crippen LogP) is 3.53. The van der Waals surface area contributed by atoms with Gasteiger partial charge in [-0.2, -0.15) is 0 Å². The highest BCUT2D eigenvalue weighted by Gasteiger charge is 2.25. The first-order chi connectivity index (χ1) is 16.0. The van der Waals surface area contributed by atoms with Gasteiger partial charge in [-0.1, -0.05) is 62.4 Å². The molecular weight excluding hydrogens is 420 g/mol. The number of carboxylic acids is 1. The van der Waals surface area contributed by atoms with E-state index >= 15 is 0 Å². The Balaban J connectivity index is 1.69. The lowest BCUT2D eigenvalue weighted by molar-refractivity contribution is 0.0683. The van der Waals surface area contributed by atoms with Crippen LogP contribution in [-0.2, 0) is 13.0 Å². The zero-order chi connectivity index (χ0) is 23.4. The smallest absolute Gasteiger partial charge is 0.354 e. The Bertz CT molecular complexity index is 1230. The van der Waals surface area contributed by atoms with Gasteiger partial charge in [0.1, 0.15) is 5.82 Å². The predicted molar refractivity (Wildman–Crippen MR) is 123 cm³/mol. The Morgan fingerprint density at radius 3 is 2.45 bits per heavy atom. The van der Waals surface area contributed by atoms with E-state index in [0.29, 0.717) is 24.5 Å². The van der Waals surface area contributed by atoms with E-state index in [2.05, 4.69) is 25.6 Å². The number of carboxylic acid groups (broad SMARTS) is 1. The van der Waals surface area contributed by atoms with Crippen molar-refractivity contribution in [2.24, 2.45) is 0 Å². The van der Waals surface area contributed by atoms with E-state index in [1.165, 1.54) is 0 Å². The topological polar surface area (TPSA) is 130 Å². The van der Waals surface area contributed by atoms with Crippen molar-refractivity contribution in [3.8, 4) is 22.5 Å².